The Hall–Kier alpha value is -2.93. The predicted octanol–water partition coefficient (Wildman–Crippen LogP) is 4.04. The number of nitrogens with zero attached hydrogens (tertiary/aromatic N) is 2. The summed E-state index contributed by atoms with van der Waals surface area (Å²) in [6.07, 6.45) is 2.42. The average molecular weight is 390 g/mol. The van der Waals surface area contributed by atoms with Crippen LogP contribution in [-0.2, 0) is 17.9 Å². The molecule has 0 bridgehead atoms. The maximum atomic E-state index is 11.2. The van der Waals surface area contributed by atoms with Crippen LogP contribution in [0.15, 0.2) is 47.6 Å². The highest BCUT2D eigenvalue weighted by atomic mass is 28.1. The van der Waals surface area contributed by atoms with Crippen molar-refractivity contribution in [3.63, 3.8) is 0 Å². The van der Waals surface area contributed by atoms with Crippen LogP contribution in [0.2, 0.25) is 0 Å². The number of nitrogens with one attached hydrogen (secondary N) is 1. The van der Waals surface area contributed by atoms with Crippen LogP contribution in [0.5, 0.6) is 11.5 Å². The van der Waals surface area contributed by atoms with Gasteiger partial charge in [-0.15, -0.1) is 4.91 Å². The van der Waals surface area contributed by atoms with E-state index >= 15 is 0 Å². The van der Waals surface area contributed by atoms with Gasteiger partial charge in [-0.2, -0.15) is 5.10 Å². The fraction of sp³-hybridized carbons (Fsp3) is 0.286. The van der Waals surface area contributed by atoms with Crippen molar-refractivity contribution in [1.82, 2.24) is 10.2 Å². The van der Waals surface area contributed by atoms with Gasteiger partial charge in [0.15, 0.2) is 0 Å². The van der Waals surface area contributed by atoms with E-state index < -0.39 is 0 Å². The fourth-order valence-corrected chi connectivity index (χ4v) is 4.30. The van der Waals surface area contributed by atoms with Gasteiger partial charge in [-0.3, -0.25) is 5.10 Å². The molecule has 0 saturated carbocycles. The number of ether oxygens (including phenoxy) is 2. The summed E-state index contributed by atoms with van der Waals surface area (Å²) in [5.74, 6) is 1.52. The minimum atomic E-state index is -0.263. The molecule has 3 aromatic rings. The molecule has 0 unspecified atom stereocenters. The third kappa shape index (κ3) is 3.11. The monoisotopic (exact) mass is 390 g/mol. The predicted molar refractivity (Wildman–Crippen MR) is 108 cm³/mol. The van der Waals surface area contributed by atoms with E-state index in [-0.39, 0.29) is 5.04 Å². The maximum absolute atomic E-state index is 11.2. The number of fused-ring (bicyclic) bond motifs is 1. The molecule has 0 aliphatic heterocycles. The lowest BCUT2D eigenvalue weighted by atomic mass is 9.80. The van der Waals surface area contributed by atoms with Gasteiger partial charge < -0.3 is 9.47 Å². The molecule has 1 N–H and O–H groups in total. The van der Waals surface area contributed by atoms with Crippen molar-refractivity contribution >= 4 is 15.9 Å². The maximum Gasteiger partial charge on any atom is 0.122 e. The van der Waals surface area contributed by atoms with Crippen LogP contribution in [-0.4, -0.2) is 34.7 Å². The van der Waals surface area contributed by atoms with E-state index in [1.165, 1.54) is 0 Å². The molecule has 3 radical (unpaired) electrons. The fourth-order valence-electron chi connectivity index (χ4n) is 3.85. The molecule has 7 heteroatoms. The number of aromatic amines is 1. The molecule has 1 aliphatic rings. The van der Waals surface area contributed by atoms with Gasteiger partial charge in [0.2, 0.25) is 0 Å². The number of nitroso groups, excluding NO2 is 1. The first-order chi connectivity index (χ1) is 13.6. The quantitative estimate of drug-likeness (QED) is 0.527. The molecule has 28 heavy (non-hydrogen) atoms. The molecule has 0 amide bonds. The number of benzene rings is 2. The Bertz CT molecular complexity index is 1010. The molecule has 0 fully saturated rings. The van der Waals surface area contributed by atoms with E-state index in [4.69, 9.17) is 9.47 Å². The van der Waals surface area contributed by atoms with Gasteiger partial charge in [-0.05, 0) is 53.2 Å². The van der Waals surface area contributed by atoms with Crippen molar-refractivity contribution in [2.45, 2.75) is 24.3 Å². The number of aromatic nitrogens is 2. The zero-order valence-corrected chi connectivity index (χ0v) is 16.8. The minimum Gasteiger partial charge on any atom is -0.497 e. The molecule has 1 aliphatic carbocycles. The first-order valence-electron chi connectivity index (χ1n) is 9.05. The summed E-state index contributed by atoms with van der Waals surface area (Å²) < 4.78 is 10.9. The van der Waals surface area contributed by atoms with Crippen molar-refractivity contribution in [2.75, 3.05) is 14.2 Å². The van der Waals surface area contributed by atoms with E-state index in [0.717, 1.165) is 58.8 Å². The van der Waals surface area contributed by atoms with E-state index in [1.807, 2.05) is 30.3 Å². The molecule has 4 rings (SSSR count). The van der Waals surface area contributed by atoms with Gasteiger partial charge >= 0.3 is 0 Å². The van der Waals surface area contributed by atoms with Crippen LogP contribution in [0, 0.1) is 4.91 Å². The lowest BCUT2D eigenvalue weighted by Crippen LogP contribution is -2.34. The van der Waals surface area contributed by atoms with Crippen molar-refractivity contribution in [3.8, 4) is 22.8 Å². The number of methoxy groups -OCH3 is 2. The Morgan fingerprint density at radius 1 is 1.14 bits per heavy atom. The van der Waals surface area contributed by atoms with E-state index in [2.05, 4.69) is 25.6 Å². The number of hydrogen-bond donors (Lipinski definition) is 1. The van der Waals surface area contributed by atoms with Crippen molar-refractivity contribution in [1.29, 1.82) is 0 Å². The minimum absolute atomic E-state index is 0.263. The molecule has 1 heterocycles. The second kappa shape index (κ2) is 7.24. The molecule has 2 aromatic carbocycles. The third-order valence-electron chi connectivity index (χ3n) is 5.39. The summed E-state index contributed by atoms with van der Waals surface area (Å²) in [7, 11) is 7.33. The van der Waals surface area contributed by atoms with Crippen molar-refractivity contribution < 1.29 is 9.47 Å². The zero-order valence-electron chi connectivity index (χ0n) is 15.8. The Morgan fingerprint density at radius 2 is 1.86 bits per heavy atom. The second-order valence-corrected chi connectivity index (χ2v) is 7.96. The van der Waals surface area contributed by atoms with Crippen molar-refractivity contribution in [2.24, 2.45) is 5.18 Å². The molecule has 6 nitrogen and oxygen atoms in total. The smallest absolute Gasteiger partial charge is 0.122 e. The lowest BCUT2D eigenvalue weighted by molar-refractivity contribution is 0.390. The Labute approximate surface area is 166 Å². The molecular formula is C21H20N3O3Si. The summed E-state index contributed by atoms with van der Waals surface area (Å²) in [5, 5.41) is 10.6. The van der Waals surface area contributed by atoms with Gasteiger partial charge in [-0.25, -0.2) is 0 Å². The van der Waals surface area contributed by atoms with E-state index in [9.17, 15) is 4.91 Å². The molecule has 141 valence electrons. The zero-order chi connectivity index (χ0) is 19.7. The van der Waals surface area contributed by atoms with Gasteiger partial charge in [0.05, 0.1) is 19.9 Å². The Balaban J connectivity index is 1.72. The van der Waals surface area contributed by atoms with Gasteiger partial charge in [0.1, 0.15) is 17.2 Å². The second-order valence-electron chi connectivity index (χ2n) is 7.00. The summed E-state index contributed by atoms with van der Waals surface area (Å²) >= 11 is 0. The van der Waals surface area contributed by atoms with Crippen LogP contribution in [0.1, 0.15) is 23.2 Å². The first kappa shape index (κ1) is 18.4. The Morgan fingerprint density at radius 3 is 2.54 bits per heavy atom. The lowest BCUT2D eigenvalue weighted by Gasteiger charge is -2.34. The van der Waals surface area contributed by atoms with Crippen LogP contribution in [0.3, 0.4) is 0 Å². The summed E-state index contributed by atoms with van der Waals surface area (Å²) in [6, 6.07) is 13.2. The highest BCUT2D eigenvalue weighted by Crippen LogP contribution is 2.42. The van der Waals surface area contributed by atoms with Crippen LogP contribution in [0.4, 0.5) is 5.69 Å². The highest BCUT2D eigenvalue weighted by Gasteiger charge is 2.35. The molecule has 1 atom stereocenters. The summed E-state index contributed by atoms with van der Waals surface area (Å²) in [4.78, 5) is 11.2. The van der Waals surface area contributed by atoms with E-state index in [0.29, 0.717) is 5.69 Å². The number of rotatable bonds is 5. The van der Waals surface area contributed by atoms with Crippen LogP contribution >= 0.6 is 0 Å². The first-order valence-corrected chi connectivity index (χ1v) is 9.55. The molecule has 0 spiro atoms. The molecular weight excluding hydrogens is 370 g/mol. The summed E-state index contributed by atoms with van der Waals surface area (Å²) in [5.41, 5.74) is 5.27. The SMILES string of the molecule is COc1cc(OC)cc([C@]2([Si])CCc3c(-c4ccccc4N=O)n[nH]c3C2)c1. The van der Waals surface area contributed by atoms with Crippen molar-refractivity contribution in [3.05, 3.63) is 64.2 Å². The van der Waals surface area contributed by atoms with E-state index in [1.54, 1.807) is 26.4 Å². The Kier molecular flexibility index (Phi) is 4.76. The third-order valence-corrected chi connectivity index (χ3v) is 6.11. The standard InChI is InChI=1S/C21H20N3O3Si/c1-26-14-9-13(10-15(11-14)27-2)21(28)8-7-17-19(12-21)22-23-20(17)16-5-3-4-6-18(16)24-25/h3-6,9-11H,7-8,12H2,1-2H3,(H,22,23)/t21-/m0/s1. The average Bonchev–Trinajstić information content (AvgIpc) is 3.15. The van der Waals surface area contributed by atoms with Gasteiger partial charge in [0, 0.05) is 33.1 Å². The molecule has 1 aromatic heterocycles. The normalized spacial score (nSPS) is 18.4. The molecule has 0 saturated heterocycles. The van der Waals surface area contributed by atoms with Crippen LogP contribution < -0.4 is 9.47 Å². The summed E-state index contributed by atoms with van der Waals surface area (Å²) in [6.45, 7) is 0. The van der Waals surface area contributed by atoms with Gasteiger partial charge in [-0.1, -0.05) is 18.2 Å². The highest BCUT2D eigenvalue weighted by molar-refractivity contribution is 6.16. The largest absolute Gasteiger partial charge is 0.497 e. The number of H-pyrrole nitrogens is 1. The van der Waals surface area contributed by atoms with Crippen LogP contribution in [0.25, 0.3) is 11.3 Å². The number of hydrogen-bond acceptors (Lipinski definition) is 5. The topological polar surface area (TPSA) is 76.6 Å². The van der Waals surface area contributed by atoms with Gasteiger partial charge in [0.25, 0.3) is 0 Å².